The Labute approximate surface area is 174 Å². The van der Waals surface area contributed by atoms with E-state index >= 15 is 0 Å². The predicted octanol–water partition coefficient (Wildman–Crippen LogP) is -3.21. The summed E-state index contributed by atoms with van der Waals surface area (Å²) in [5.41, 5.74) is 4.48. The number of aliphatic hydroxyl groups excluding tert-OH is 2. The fourth-order valence-corrected chi connectivity index (χ4v) is 2.53. The SMILES string of the molecule is Nc1ccn([C@@H]2O[C@H](CO)[C@@H](O)[C@H]2OP(=O)(O)O)c(=O)n1.[Na].[Na]. The van der Waals surface area contributed by atoms with Crippen LogP contribution in [0.3, 0.4) is 0 Å². The van der Waals surface area contributed by atoms with Crippen molar-refractivity contribution in [2.45, 2.75) is 24.5 Å². The Morgan fingerprint density at radius 2 is 2.04 bits per heavy atom. The molecule has 1 aromatic rings. The maximum absolute atomic E-state index is 11.7. The minimum Gasteiger partial charge on any atom is -0.394 e. The summed E-state index contributed by atoms with van der Waals surface area (Å²) in [6, 6.07) is 1.26. The molecular formula is C9H14N3Na2O8P. The van der Waals surface area contributed by atoms with Gasteiger partial charge in [-0.05, 0) is 6.07 Å². The molecule has 1 aliphatic rings. The minimum atomic E-state index is -4.95. The smallest absolute Gasteiger partial charge is 0.394 e. The zero-order chi connectivity index (χ0) is 15.8. The van der Waals surface area contributed by atoms with E-state index in [2.05, 4.69) is 9.51 Å². The molecule has 0 unspecified atom stereocenters. The van der Waals surface area contributed by atoms with Gasteiger partial charge in [0.25, 0.3) is 0 Å². The standard InChI is InChI=1S/C9H14N3O8P.2Na/c10-5-1-2-12(9(15)11-5)8-7(20-21(16,17)18)6(14)4(3-13)19-8;;/h1-2,4,6-8,13-14H,3H2,(H2,10,11,15)(H2,16,17,18);;/t4-,6-,7-,8-;;/m1../s1. The van der Waals surface area contributed by atoms with Gasteiger partial charge in [-0.25, -0.2) is 9.36 Å². The van der Waals surface area contributed by atoms with E-state index in [1.165, 1.54) is 12.3 Å². The molecule has 11 nitrogen and oxygen atoms in total. The van der Waals surface area contributed by atoms with Crippen LogP contribution >= 0.6 is 7.82 Å². The first-order valence-corrected chi connectivity index (χ1v) is 7.29. The molecule has 1 fully saturated rings. The second kappa shape index (κ2) is 9.39. The number of phosphoric ester groups is 1. The number of ether oxygens (including phenoxy) is 1. The van der Waals surface area contributed by atoms with E-state index in [-0.39, 0.29) is 64.9 Å². The molecule has 2 rings (SSSR count). The van der Waals surface area contributed by atoms with Crippen LogP contribution in [-0.4, -0.2) is 114 Å². The normalized spacial score (nSPS) is 27.1. The van der Waals surface area contributed by atoms with Crippen LogP contribution in [0.25, 0.3) is 0 Å². The van der Waals surface area contributed by atoms with E-state index in [9.17, 15) is 14.5 Å². The van der Waals surface area contributed by atoms with Crippen LogP contribution in [0.1, 0.15) is 6.23 Å². The monoisotopic (exact) mass is 369 g/mol. The number of phosphoric acid groups is 1. The molecule has 0 bridgehead atoms. The maximum Gasteiger partial charge on any atom is 0.470 e. The molecule has 1 saturated heterocycles. The first-order valence-electron chi connectivity index (χ1n) is 5.76. The first kappa shape index (κ1) is 23.7. The molecular weight excluding hydrogens is 355 g/mol. The molecule has 120 valence electrons. The summed E-state index contributed by atoms with van der Waals surface area (Å²) in [5, 5.41) is 18.9. The number of hydrogen-bond acceptors (Lipinski definition) is 8. The van der Waals surface area contributed by atoms with Crippen LogP contribution in [0.4, 0.5) is 5.82 Å². The Bertz CT molecular complexity index is 625. The summed E-state index contributed by atoms with van der Waals surface area (Å²) in [4.78, 5) is 32.9. The number of anilines is 1. The van der Waals surface area contributed by atoms with Gasteiger partial charge in [-0.3, -0.25) is 9.09 Å². The van der Waals surface area contributed by atoms with Crippen molar-refractivity contribution in [3.05, 3.63) is 22.7 Å². The molecule has 23 heavy (non-hydrogen) atoms. The van der Waals surface area contributed by atoms with Crippen molar-refractivity contribution in [2.75, 3.05) is 12.3 Å². The molecule has 1 aromatic heterocycles. The largest absolute Gasteiger partial charge is 0.470 e. The number of rotatable bonds is 4. The van der Waals surface area contributed by atoms with Gasteiger partial charge in [0.1, 0.15) is 24.1 Å². The van der Waals surface area contributed by atoms with Gasteiger partial charge in [-0.2, -0.15) is 4.98 Å². The molecule has 0 aliphatic carbocycles. The topological polar surface area (TPSA) is 177 Å². The van der Waals surface area contributed by atoms with Crippen LogP contribution in [0.2, 0.25) is 0 Å². The Hall–Kier alpha value is 0.670. The van der Waals surface area contributed by atoms with Crippen molar-refractivity contribution in [2.24, 2.45) is 0 Å². The average molecular weight is 369 g/mol. The number of nitrogens with zero attached hydrogens (tertiary/aromatic N) is 2. The molecule has 6 N–H and O–H groups in total. The van der Waals surface area contributed by atoms with Crippen molar-refractivity contribution < 1.29 is 33.8 Å². The number of aliphatic hydroxyl groups is 2. The van der Waals surface area contributed by atoms with Gasteiger partial charge < -0.3 is 30.5 Å². The molecule has 14 heteroatoms. The summed E-state index contributed by atoms with van der Waals surface area (Å²) in [6.45, 7) is -0.629. The third-order valence-corrected chi connectivity index (χ3v) is 3.40. The van der Waals surface area contributed by atoms with E-state index in [0.29, 0.717) is 0 Å². The average Bonchev–Trinajstić information content (AvgIpc) is 2.65. The predicted molar refractivity (Wildman–Crippen MR) is 78.3 cm³/mol. The maximum atomic E-state index is 11.7. The van der Waals surface area contributed by atoms with Crippen LogP contribution in [0.15, 0.2) is 17.1 Å². The van der Waals surface area contributed by atoms with Crippen LogP contribution in [0, 0.1) is 0 Å². The zero-order valence-corrected chi connectivity index (χ0v) is 17.4. The molecule has 0 aromatic carbocycles. The third-order valence-electron chi connectivity index (χ3n) is 2.88. The summed E-state index contributed by atoms with van der Waals surface area (Å²) < 4.78 is 21.5. The molecule has 0 saturated carbocycles. The number of hydrogen-bond donors (Lipinski definition) is 5. The van der Waals surface area contributed by atoms with Gasteiger partial charge in [0, 0.05) is 65.3 Å². The van der Waals surface area contributed by atoms with Gasteiger partial charge in [0.05, 0.1) is 6.61 Å². The Morgan fingerprint density at radius 3 is 2.52 bits per heavy atom. The minimum absolute atomic E-state index is 0. The van der Waals surface area contributed by atoms with Gasteiger partial charge in [0.15, 0.2) is 6.23 Å². The Kier molecular flexibility index (Phi) is 9.66. The number of aromatic nitrogens is 2. The summed E-state index contributed by atoms with van der Waals surface area (Å²) >= 11 is 0. The fraction of sp³-hybridized carbons (Fsp3) is 0.556. The summed E-state index contributed by atoms with van der Waals surface area (Å²) in [7, 11) is -4.95. The van der Waals surface area contributed by atoms with Crippen molar-refractivity contribution in [3.8, 4) is 0 Å². The Balaban J connectivity index is 0.00000242. The number of nitrogen functional groups attached to an aromatic ring is 1. The second-order valence-electron chi connectivity index (χ2n) is 4.34. The van der Waals surface area contributed by atoms with Crippen molar-refractivity contribution >= 4 is 72.8 Å². The summed E-state index contributed by atoms with van der Waals surface area (Å²) in [6.07, 6.45) is -4.47. The van der Waals surface area contributed by atoms with Gasteiger partial charge in [-0.1, -0.05) is 0 Å². The van der Waals surface area contributed by atoms with E-state index in [4.69, 9.17) is 25.4 Å². The van der Waals surface area contributed by atoms with Gasteiger partial charge in [-0.15, -0.1) is 0 Å². The molecule has 0 amide bonds. The molecule has 2 heterocycles. The van der Waals surface area contributed by atoms with E-state index in [1.807, 2.05) is 0 Å². The van der Waals surface area contributed by atoms with E-state index in [0.717, 1.165) is 4.57 Å². The van der Waals surface area contributed by atoms with Crippen molar-refractivity contribution in [1.82, 2.24) is 9.55 Å². The van der Waals surface area contributed by atoms with E-state index < -0.39 is 44.7 Å². The van der Waals surface area contributed by atoms with Crippen LogP contribution in [0.5, 0.6) is 0 Å². The van der Waals surface area contributed by atoms with Crippen LogP contribution < -0.4 is 11.4 Å². The summed E-state index contributed by atoms with van der Waals surface area (Å²) in [5.74, 6) is -0.0547. The van der Waals surface area contributed by atoms with Gasteiger partial charge >= 0.3 is 13.5 Å². The second-order valence-corrected chi connectivity index (χ2v) is 5.53. The van der Waals surface area contributed by atoms with Gasteiger partial charge in [0.2, 0.25) is 0 Å². The molecule has 2 radical (unpaired) electrons. The quantitative estimate of drug-likeness (QED) is 0.268. The Morgan fingerprint density at radius 1 is 1.43 bits per heavy atom. The third kappa shape index (κ3) is 5.86. The first-order chi connectivity index (χ1) is 9.73. The van der Waals surface area contributed by atoms with E-state index in [1.54, 1.807) is 0 Å². The number of nitrogens with two attached hydrogens (primary N) is 1. The molecule has 1 aliphatic heterocycles. The molecule has 4 atom stereocenters. The van der Waals surface area contributed by atoms with Crippen molar-refractivity contribution in [1.29, 1.82) is 0 Å². The van der Waals surface area contributed by atoms with Crippen LogP contribution in [-0.2, 0) is 13.8 Å². The zero-order valence-electron chi connectivity index (χ0n) is 12.5. The van der Waals surface area contributed by atoms with Crippen molar-refractivity contribution in [3.63, 3.8) is 0 Å². The molecule has 0 spiro atoms. The fourth-order valence-electron chi connectivity index (χ4n) is 1.98.